The highest BCUT2D eigenvalue weighted by atomic mass is 79.9. The number of nitriles is 1. The van der Waals surface area contributed by atoms with Crippen LogP contribution in [0.3, 0.4) is 0 Å². The Labute approximate surface area is 223 Å². The van der Waals surface area contributed by atoms with Crippen LogP contribution in [0.4, 0.5) is 5.88 Å². The van der Waals surface area contributed by atoms with Crippen LogP contribution in [0.25, 0.3) is 33.4 Å². The van der Waals surface area contributed by atoms with Gasteiger partial charge < -0.3 is 9.15 Å². The first kappa shape index (κ1) is 23.8. The molecule has 5 aromatic rings. The van der Waals surface area contributed by atoms with Crippen LogP contribution in [0, 0.1) is 11.3 Å². The molecule has 0 fully saturated rings. The van der Waals surface area contributed by atoms with Crippen molar-refractivity contribution in [2.75, 3.05) is 11.9 Å². The molecule has 8 heteroatoms. The molecule has 0 unspecified atom stereocenters. The van der Waals surface area contributed by atoms with E-state index in [9.17, 15) is 10.1 Å². The van der Waals surface area contributed by atoms with Crippen molar-refractivity contribution in [3.63, 3.8) is 0 Å². The number of benzene rings is 3. The van der Waals surface area contributed by atoms with E-state index in [4.69, 9.17) is 9.15 Å². The lowest BCUT2D eigenvalue weighted by atomic mass is 9.98. The second-order valence-electron chi connectivity index (χ2n) is 7.76. The van der Waals surface area contributed by atoms with E-state index in [2.05, 4.69) is 48.2 Å². The van der Waals surface area contributed by atoms with Crippen molar-refractivity contribution in [3.05, 3.63) is 99.6 Å². The van der Waals surface area contributed by atoms with E-state index in [-0.39, 0.29) is 18.1 Å². The Morgan fingerprint density at radius 1 is 0.972 bits per heavy atom. The van der Waals surface area contributed by atoms with Gasteiger partial charge in [0.25, 0.3) is 5.91 Å². The number of amides is 1. The molecule has 0 atom stereocenters. The van der Waals surface area contributed by atoms with Crippen LogP contribution in [0.5, 0.6) is 5.75 Å². The zero-order chi connectivity index (χ0) is 25.1. The summed E-state index contributed by atoms with van der Waals surface area (Å²) in [5.74, 6) is 0.541. The number of anilines is 1. The highest BCUT2D eigenvalue weighted by Gasteiger charge is 2.24. The monoisotopic (exact) mass is 601 g/mol. The molecule has 0 aliphatic heterocycles. The second kappa shape index (κ2) is 10.4. The smallest absolute Gasteiger partial charge is 0.264 e. The van der Waals surface area contributed by atoms with E-state index < -0.39 is 5.91 Å². The van der Waals surface area contributed by atoms with Crippen LogP contribution >= 0.6 is 31.9 Å². The third-order valence-electron chi connectivity index (χ3n) is 5.47. The molecule has 0 radical (unpaired) electrons. The maximum absolute atomic E-state index is 12.9. The van der Waals surface area contributed by atoms with Gasteiger partial charge in [-0.15, -0.1) is 0 Å². The molecule has 0 aliphatic carbocycles. The van der Waals surface area contributed by atoms with Gasteiger partial charge in [0.1, 0.15) is 22.9 Å². The molecule has 2 aromatic heterocycles. The van der Waals surface area contributed by atoms with Crippen LogP contribution < -0.4 is 10.1 Å². The van der Waals surface area contributed by atoms with E-state index in [1.54, 1.807) is 6.20 Å². The fourth-order valence-electron chi connectivity index (χ4n) is 3.88. The number of ether oxygens (including phenoxy) is 1. The largest absolute Gasteiger partial charge is 0.480 e. The molecular weight excluding hydrogens is 586 g/mol. The third kappa shape index (κ3) is 4.63. The van der Waals surface area contributed by atoms with Gasteiger partial charge in [-0.1, -0.05) is 82.7 Å². The maximum Gasteiger partial charge on any atom is 0.264 e. The minimum atomic E-state index is -0.474. The van der Waals surface area contributed by atoms with Crippen molar-refractivity contribution in [1.82, 2.24) is 4.98 Å². The quantitative estimate of drug-likeness (QED) is 0.216. The summed E-state index contributed by atoms with van der Waals surface area (Å²) in [5.41, 5.74) is 3.07. The predicted octanol–water partition coefficient (Wildman–Crippen LogP) is 7.58. The predicted molar refractivity (Wildman–Crippen MR) is 146 cm³/mol. The van der Waals surface area contributed by atoms with E-state index in [0.29, 0.717) is 27.1 Å². The highest BCUT2D eigenvalue weighted by molar-refractivity contribution is 9.11. The van der Waals surface area contributed by atoms with Crippen LogP contribution in [-0.2, 0) is 4.79 Å². The fraction of sp³-hybridized carbons (Fsp3) is 0.0357. The normalized spacial score (nSPS) is 10.7. The number of furan rings is 1. The molecule has 1 N–H and O–H groups in total. The topological polar surface area (TPSA) is 88.2 Å². The van der Waals surface area contributed by atoms with Gasteiger partial charge in [0.05, 0.1) is 4.47 Å². The van der Waals surface area contributed by atoms with Gasteiger partial charge in [-0.2, -0.15) is 5.26 Å². The molecule has 0 aliphatic rings. The molecule has 0 saturated heterocycles. The van der Waals surface area contributed by atoms with Gasteiger partial charge in [-0.05, 0) is 33.6 Å². The Kier molecular flexibility index (Phi) is 6.85. The Bertz CT molecular complexity index is 1610. The number of carbonyl (C=O) groups excluding carboxylic acids is 1. The molecule has 176 valence electrons. The van der Waals surface area contributed by atoms with Crippen molar-refractivity contribution in [2.45, 2.75) is 0 Å². The van der Waals surface area contributed by atoms with Gasteiger partial charge in [0, 0.05) is 27.2 Å². The third-order valence-corrected chi connectivity index (χ3v) is 6.71. The lowest BCUT2D eigenvalue weighted by Crippen LogP contribution is -2.20. The number of rotatable bonds is 6. The van der Waals surface area contributed by atoms with Crippen molar-refractivity contribution >= 4 is 54.6 Å². The molecular formula is C28H17Br2N3O3. The average Bonchev–Trinajstić information content (AvgIpc) is 3.27. The van der Waals surface area contributed by atoms with E-state index >= 15 is 0 Å². The van der Waals surface area contributed by atoms with Gasteiger partial charge in [0.15, 0.2) is 12.4 Å². The average molecular weight is 603 g/mol. The Morgan fingerprint density at radius 3 is 2.36 bits per heavy atom. The van der Waals surface area contributed by atoms with Crippen molar-refractivity contribution in [2.24, 2.45) is 0 Å². The number of fused-ring (bicyclic) bond motifs is 1. The van der Waals surface area contributed by atoms with Crippen LogP contribution in [-0.4, -0.2) is 17.5 Å². The number of aromatic nitrogens is 1. The summed E-state index contributed by atoms with van der Waals surface area (Å²) < 4.78 is 13.4. The Balaban J connectivity index is 1.46. The van der Waals surface area contributed by atoms with Crippen molar-refractivity contribution < 1.29 is 13.9 Å². The molecule has 2 heterocycles. The number of nitrogens with zero attached hydrogens (tertiary/aromatic N) is 2. The number of nitrogens with one attached hydrogen (secondary N) is 1. The number of pyridine rings is 1. The first-order valence-corrected chi connectivity index (χ1v) is 12.5. The standard InChI is InChI=1S/C28H17Br2N3O3/c29-21-14-22(30)27(25-19(21)12-7-13-32-25)35-16-23(34)33-28-20(15-31)24(17-8-3-1-4-9-17)26(36-28)18-10-5-2-6-11-18/h1-14H,16H2,(H,33,34). The molecule has 5 rings (SSSR count). The van der Waals surface area contributed by atoms with Crippen molar-refractivity contribution in [1.29, 1.82) is 5.26 Å². The first-order chi connectivity index (χ1) is 17.6. The minimum absolute atomic E-state index is 0.0710. The molecule has 36 heavy (non-hydrogen) atoms. The maximum atomic E-state index is 12.9. The summed E-state index contributed by atoms with van der Waals surface area (Å²) in [6.45, 7) is -0.307. The zero-order valence-corrected chi connectivity index (χ0v) is 21.8. The minimum Gasteiger partial charge on any atom is -0.480 e. The molecule has 3 aromatic carbocycles. The summed E-state index contributed by atoms with van der Waals surface area (Å²) in [5, 5.41) is 13.6. The second-order valence-corrected chi connectivity index (χ2v) is 9.47. The van der Waals surface area contributed by atoms with Crippen LogP contribution in [0.1, 0.15) is 5.56 Å². The lowest BCUT2D eigenvalue weighted by molar-refractivity contribution is -0.118. The van der Waals surface area contributed by atoms with Gasteiger partial charge in [-0.3, -0.25) is 15.1 Å². The van der Waals surface area contributed by atoms with Crippen LogP contribution in [0.2, 0.25) is 0 Å². The Hall–Kier alpha value is -3.93. The molecule has 0 spiro atoms. The number of hydrogen-bond donors (Lipinski definition) is 1. The van der Waals surface area contributed by atoms with Gasteiger partial charge in [-0.25, -0.2) is 0 Å². The first-order valence-electron chi connectivity index (χ1n) is 10.9. The summed E-state index contributed by atoms with van der Waals surface area (Å²) >= 11 is 7.01. The number of hydrogen-bond acceptors (Lipinski definition) is 5. The van der Waals surface area contributed by atoms with E-state index in [1.165, 1.54) is 0 Å². The molecule has 6 nitrogen and oxygen atoms in total. The SMILES string of the molecule is N#Cc1c(NC(=O)COc2c(Br)cc(Br)c3cccnc23)oc(-c2ccccc2)c1-c1ccccc1. The summed E-state index contributed by atoms with van der Waals surface area (Å²) in [6, 6.07) is 26.7. The summed E-state index contributed by atoms with van der Waals surface area (Å²) in [6.07, 6.45) is 1.66. The van der Waals surface area contributed by atoms with Gasteiger partial charge >= 0.3 is 0 Å². The summed E-state index contributed by atoms with van der Waals surface area (Å²) in [7, 11) is 0. The summed E-state index contributed by atoms with van der Waals surface area (Å²) in [4.78, 5) is 17.3. The number of halogens is 2. The zero-order valence-electron chi connectivity index (χ0n) is 18.7. The van der Waals surface area contributed by atoms with Crippen LogP contribution in [0.15, 0.2) is 98.4 Å². The van der Waals surface area contributed by atoms with E-state index in [1.807, 2.05) is 78.9 Å². The molecule has 0 bridgehead atoms. The van der Waals surface area contributed by atoms with E-state index in [0.717, 1.165) is 21.0 Å². The molecule has 1 amide bonds. The highest BCUT2D eigenvalue weighted by Crippen LogP contribution is 2.41. The lowest BCUT2D eigenvalue weighted by Gasteiger charge is -2.11. The number of carbonyl (C=O) groups is 1. The van der Waals surface area contributed by atoms with Crippen molar-refractivity contribution in [3.8, 4) is 34.3 Å². The molecule has 0 saturated carbocycles. The van der Waals surface area contributed by atoms with Gasteiger partial charge in [0.2, 0.25) is 5.88 Å². The fourth-order valence-corrected chi connectivity index (χ4v) is 5.27. The Morgan fingerprint density at radius 2 is 1.67 bits per heavy atom.